The number of amides is 1. The number of carbonyl (C=O) groups excluding carboxylic acids is 1. The topological polar surface area (TPSA) is 75.5 Å². The van der Waals surface area contributed by atoms with Crippen molar-refractivity contribution in [2.75, 3.05) is 51.6 Å². The zero-order valence-corrected chi connectivity index (χ0v) is 24.4. The molecule has 1 N–H and O–H groups in total. The van der Waals surface area contributed by atoms with Crippen LogP contribution in [0.5, 0.6) is 5.75 Å². The molecule has 40 heavy (non-hydrogen) atoms. The molecule has 1 amide bonds. The number of aromatic nitrogens is 3. The number of fused-ring (bicyclic) bond motifs is 1. The summed E-state index contributed by atoms with van der Waals surface area (Å²) in [5.74, 6) is 1.22. The first-order chi connectivity index (χ1) is 19.3. The highest BCUT2D eigenvalue weighted by atomic mass is 16.5. The summed E-state index contributed by atoms with van der Waals surface area (Å²) in [7, 11) is 9.65. The molecule has 8 nitrogen and oxygen atoms in total. The van der Waals surface area contributed by atoms with Gasteiger partial charge >= 0.3 is 0 Å². The number of hydrogen-bond donors (Lipinski definition) is 1. The molecule has 0 aliphatic heterocycles. The first-order valence-electron chi connectivity index (χ1n) is 13.7. The fourth-order valence-corrected chi connectivity index (χ4v) is 4.80. The Morgan fingerprint density at radius 3 is 2.70 bits per heavy atom. The minimum atomic E-state index is -0.169. The number of anilines is 2. The lowest BCUT2D eigenvalue weighted by Gasteiger charge is -2.21. The van der Waals surface area contributed by atoms with Crippen molar-refractivity contribution >= 4 is 28.2 Å². The molecule has 0 bridgehead atoms. The molecule has 0 atom stereocenters. The van der Waals surface area contributed by atoms with E-state index in [1.807, 2.05) is 62.5 Å². The standard InChI is InChI=1S/C32H40N6O2/c1-7-8-17-37(4)18-11-14-32(39)35-27-19-23(30(40-6)21-29(27)36(2)3)20-31-33-16-15-26(34-31)25-22-38(5)28-13-10-9-12-24(25)28/h9-16,19,21-22H,7-8,17-18,20H2,1-6H3,(H,35,39)/b14-11+. The van der Waals surface area contributed by atoms with Crippen LogP contribution in [0, 0.1) is 0 Å². The maximum Gasteiger partial charge on any atom is 0.248 e. The van der Waals surface area contributed by atoms with Gasteiger partial charge in [-0.05, 0) is 38.2 Å². The second-order valence-corrected chi connectivity index (χ2v) is 10.3. The predicted molar refractivity (Wildman–Crippen MR) is 164 cm³/mol. The van der Waals surface area contributed by atoms with Crippen molar-refractivity contribution in [2.45, 2.75) is 26.2 Å². The van der Waals surface area contributed by atoms with Gasteiger partial charge in [-0.2, -0.15) is 0 Å². The van der Waals surface area contributed by atoms with Crippen LogP contribution in [0.2, 0.25) is 0 Å². The van der Waals surface area contributed by atoms with Crippen LogP contribution >= 0.6 is 0 Å². The van der Waals surface area contributed by atoms with E-state index in [9.17, 15) is 4.79 Å². The molecule has 0 fully saturated rings. The van der Waals surface area contributed by atoms with Gasteiger partial charge in [-0.15, -0.1) is 0 Å². The summed E-state index contributed by atoms with van der Waals surface area (Å²) < 4.78 is 7.86. The third kappa shape index (κ3) is 6.87. The molecular formula is C32H40N6O2. The molecule has 0 saturated carbocycles. The van der Waals surface area contributed by atoms with Crippen molar-refractivity contribution in [3.8, 4) is 17.0 Å². The predicted octanol–water partition coefficient (Wildman–Crippen LogP) is 5.53. The first kappa shape index (κ1) is 28.8. The average molecular weight is 541 g/mol. The van der Waals surface area contributed by atoms with E-state index >= 15 is 0 Å². The van der Waals surface area contributed by atoms with E-state index in [0.717, 1.165) is 59.3 Å². The third-order valence-electron chi connectivity index (χ3n) is 6.95. The highest BCUT2D eigenvalue weighted by Gasteiger charge is 2.16. The van der Waals surface area contributed by atoms with Gasteiger partial charge in [-0.3, -0.25) is 4.79 Å². The van der Waals surface area contributed by atoms with Gasteiger partial charge in [0.2, 0.25) is 5.91 Å². The number of likely N-dealkylation sites (N-methyl/N-ethyl adjacent to an activating group) is 1. The quantitative estimate of drug-likeness (QED) is 0.238. The molecule has 210 valence electrons. The summed E-state index contributed by atoms with van der Waals surface area (Å²) in [6, 6.07) is 14.1. The van der Waals surface area contributed by atoms with Gasteiger partial charge in [0.1, 0.15) is 11.6 Å². The molecule has 2 heterocycles. The highest BCUT2D eigenvalue weighted by Crippen LogP contribution is 2.34. The normalized spacial score (nSPS) is 11.5. The largest absolute Gasteiger partial charge is 0.496 e. The number of methoxy groups -OCH3 is 1. The van der Waals surface area contributed by atoms with Crippen LogP contribution in [0.15, 0.2) is 67.0 Å². The number of ether oxygens (including phenoxy) is 1. The fraction of sp³-hybridized carbons (Fsp3) is 0.344. The molecule has 0 aliphatic carbocycles. The van der Waals surface area contributed by atoms with Crippen molar-refractivity contribution in [2.24, 2.45) is 7.05 Å². The van der Waals surface area contributed by atoms with Crippen molar-refractivity contribution < 1.29 is 9.53 Å². The van der Waals surface area contributed by atoms with Crippen LogP contribution in [0.1, 0.15) is 31.2 Å². The van der Waals surface area contributed by atoms with Gasteiger partial charge in [0.25, 0.3) is 0 Å². The number of hydrogen-bond acceptors (Lipinski definition) is 6. The Bertz CT molecular complexity index is 1490. The molecule has 2 aromatic carbocycles. The molecular weight excluding hydrogens is 500 g/mol. The first-order valence-corrected chi connectivity index (χ1v) is 13.7. The zero-order valence-electron chi connectivity index (χ0n) is 24.4. The Labute approximate surface area is 237 Å². The fourth-order valence-electron chi connectivity index (χ4n) is 4.80. The lowest BCUT2D eigenvalue weighted by Crippen LogP contribution is -2.20. The van der Waals surface area contributed by atoms with E-state index in [0.29, 0.717) is 23.7 Å². The maximum atomic E-state index is 12.8. The lowest BCUT2D eigenvalue weighted by atomic mass is 10.1. The minimum Gasteiger partial charge on any atom is -0.496 e. The Morgan fingerprint density at radius 2 is 1.95 bits per heavy atom. The summed E-state index contributed by atoms with van der Waals surface area (Å²) in [4.78, 5) is 26.5. The smallest absolute Gasteiger partial charge is 0.248 e. The van der Waals surface area contributed by atoms with Gasteiger partial charge in [0.15, 0.2) is 0 Å². The zero-order chi connectivity index (χ0) is 28.6. The molecule has 8 heteroatoms. The number of aryl methyl sites for hydroxylation is 1. The third-order valence-corrected chi connectivity index (χ3v) is 6.95. The van der Waals surface area contributed by atoms with E-state index in [1.54, 1.807) is 19.4 Å². The van der Waals surface area contributed by atoms with Crippen LogP contribution in [-0.2, 0) is 18.3 Å². The number of unbranched alkanes of at least 4 members (excludes halogenated alkanes) is 1. The molecule has 0 radical (unpaired) electrons. The van der Waals surface area contributed by atoms with E-state index in [-0.39, 0.29) is 5.91 Å². The van der Waals surface area contributed by atoms with Gasteiger partial charge in [-0.25, -0.2) is 9.97 Å². The molecule has 2 aromatic heterocycles. The van der Waals surface area contributed by atoms with Crippen LogP contribution < -0.4 is 15.0 Å². The summed E-state index contributed by atoms with van der Waals surface area (Å²) in [5, 5.41) is 4.21. The number of para-hydroxylation sites is 1. The summed E-state index contributed by atoms with van der Waals surface area (Å²) in [6.07, 6.45) is 10.2. The minimum absolute atomic E-state index is 0.169. The van der Waals surface area contributed by atoms with Crippen LogP contribution in [0.3, 0.4) is 0 Å². The Hall–Kier alpha value is -4.17. The molecule has 0 unspecified atom stereocenters. The number of rotatable bonds is 12. The summed E-state index contributed by atoms with van der Waals surface area (Å²) in [5.41, 5.74) is 5.54. The van der Waals surface area contributed by atoms with Gasteiger partial charge < -0.3 is 24.4 Å². The van der Waals surface area contributed by atoms with Crippen LogP contribution in [0.4, 0.5) is 11.4 Å². The summed E-state index contributed by atoms with van der Waals surface area (Å²) in [6.45, 7) is 3.92. The number of nitrogens with zero attached hydrogens (tertiary/aromatic N) is 5. The molecule has 0 saturated heterocycles. The van der Waals surface area contributed by atoms with E-state index in [4.69, 9.17) is 9.72 Å². The van der Waals surface area contributed by atoms with Crippen LogP contribution in [-0.4, -0.2) is 66.7 Å². The Morgan fingerprint density at radius 1 is 1.15 bits per heavy atom. The molecule has 0 spiro atoms. The van der Waals surface area contributed by atoms with E-state index < -0.39 is 0 Å². The molecule has 4 rings (SSSR count). The second kappa shape index (κ2) is 13.3. The summed E-state index contributed by atoms with van der Waals surface area (Å²) >= 11 is 0. The van der Waals surface area contributed by atoms with Gasteiger partial charge in [0.05, 0.1) is 24.2 Å². The number of nitrogens with one attached hydrogen (secondary N) is 1. The van der Waals surface area contributed by atoms with Crippen molar-refractivity contribution in [3.05, 3.63) is 78.4 Å². The van der Waals surface area contributed by atoms with E-state index in [2.05, 4.69) is 52.1 Å². The van der Waals surface area contributed by atoms with Crippen molar-refractivity contribution in [1.82, 2.24) is 19.4 Å². The number of benzene rings is 2. The second-order valence-electron chi connectivity index (χ2n) is 10.3. The van der Waals surface area contributed by atoms with Crippen molar-refractivity contribution in [1.29, 1.82) is 0 Å². The van der Waals surface area contributed by atoms with Crippen LogP contribution in [0.25, 0.3) is 22.2 Å². The van der Waals surface area contributed by atoms with Gasteiger partial charge in [0, 0.05) is 80.7 Å². The molecule has 4 aromatic rings. The average Bonchev–Trinajstić information content (AvgIpc) is 3.28. The molecule has 0 aliphatic rings. The lowest BCUT2D eigenvalue weighted by molar-refractivity contribution is -0.111. The Kier molecular flexibility index (Phi) is 9.56. The van der Waals surface area contributed by atoms with E-state index in [1.165, 1.54) is 0 Å². The Balaban J connectivity index is 1.59. The maximum absolute atomic E-state index is 12.8. The SMILES string of the molecule is CCCCN(C)C/C=C/C(=O)Nc1cc(Cc2nccc(-c3cn(C)c4ccccc34)n2)c(OC)cc1N(C)C. The monoisotopic (exact) mass is 540 g/mol. The van der Waals surface area contributed by atoms with Crippen molar-refractivity contribution in [3.63, 3.8) is 0 Å². The highest BCUT2D eigenvalue weighted by molar-refractivity contribution is 6.02. The van der Waals surface area contributed by atoms with Gasteiger partial charge in [-0.1, -0.05) is 37.6 Å². The number of carbonyl (C=O) groups is 1.